The number of hydrogen-bond donors (Lipinski definition) is 1. The highest BCUT2D eigenvalue weighted by Gasteiger charge is 2.30. The van der Waals surface area contributed by atoms with E-state index in [0.29, 0.717) is 11.3 Å². The van der Waals surface area contributed by atoms with E-state index in [0.717, 1.165) is 0 Å². The van der Waals surface area contributed by atoms with Crippen LogP contribution in [-0.4, -0.2) is 23.4 Å². The second-order valence-corrected chi connectivity index (χ2v) is 3.73. The first-order valence-electron chi connectivity index (χ1n) is 5.42. The van der Waals surface area contributed by atoms with Crippen LogP contribution in [0.3, 0.4) is 0 Å². The molecule has 0 aliphatic heterocycles. The first-order valence-corrected chi connectivity index (χ1v) is 5.42. The molecule has 0 aliphatic carbocycles. The summed E-state index contributed by atoms with van der Waals surface area (Å²) in [6, 6.07) is 6.77. The van der Waals surface area contributed by atoms with Crippen molar-refractivity contribution in [1.29, 1.82) is 0 Å². The number of nitrogens with two attached hydrogens (primary N) is 1. The third kappa shape index (κ3) is 3.50. The Balaban J connectivity index is 2.28. The summed E-state index contributed by atoms with van der Waals surface area (Å²) in [7, 11) is 1.42. The lowest BCUT2D eigenvalue weighted by molar-refractivity contribution is -0.274. The predicted octanol–water partition coefficient (Wildman–Crippen LogP) is 2.63. The van der Waals surface area contributed by atoms with Crippen molar-refractivity contribution in [3.8, 4) is 22.9 Å². The molecule has 20 heavy (non-hydrogen) atoms. The van der Waals surface area contributed by atoms with Gasteiger partial charge in [0.2, 0.25) is 11.8 Å². The second kappa shape index (κ2) is 5.24. The van der Waals surface area contributed by atoms with E-state index in [4.69, 9.17) is 10.5 Å². The second-order valence-electron chi connectivity index (χ2n) is 3.73. The van der Waals surface area contributed by atoms with Crippen LogP contribution in [0.5, 0.6) is 11.6 Å². The lowest BCUT2D eigenvalue weighted by Crippen LogP contribution is -2.16. The molecule has 2 rings (SSSR count). The minimum atomic E-state index is -4.72. The molecule has 1 aromatic carbocycles. The normalized spacial score (nSPS) is 11.2. The number of aromatic nitrogens is 2. The Hall–Kier alpha value is -2.51. The molecule has 0 fully saturated rings. The van der Waals surface area contributed by atoms with E-state index in [2.05, 4.69) is 14.7 Å². The number of methoxy groups -OCH3 is 1. The van der Waals surface area contributed by atoms with Gasteiger partial charge in [-0.25, -0.2) is 4.98 Å². The van der Waals surface area contributed by atoms with Gasteiger partial charge in [-0.1, -0.05) is 0 Å². The van der Waals surface area contributed by atoms with Crippen molar-refractivity contribution in [3.05, 3.63) is 30.3 Å². The van der Waals surface area contributed by atoms with Crippen molar-refractivity contribution >= 4 is 5.95 Å². The van der Waals surface area contributed by atoms with Crippen LogP contribution in [0.25, 0.3) is 11.3 Å². The van der Waals surface area contributed by atoms with Crippen LogP contribution in [0.2, 0.25) is 0 Å². The van der Waals surface area contributed by atoms with Crippen LogP contribution in [0.15, 0.2) is 30.3 Å². The molecule has 0 bridgehead atoms. The van der Waals surface area contributed by atoms with Gasteiger partial charge in [0.05, 0.1) is 12.8 Å². The third-order valence-electron chi connectivity index (χ3n) is 2.31. The summed E-state index contributed by atoms with van der Waals surface area (Å²) in [5.41, 5.74) is 6.51. The molecule has 106 valence electrons. The standard InChI is InChI=1S/C12H10F3N3O2/c1-19-10-6-9(17-11(16)18-10)7-2-4-8(5-3-7)20-12(13,14)15/h2-6H,1H3,(H2,16,17,18). The summed E-state index contributed by atoms with van der Waals surface area (Å²) in [6.45, 7) is 0. The Morgan fingerprint density at radius 3 is 2.30 bits per heavy atom. The molecular weight excluding hydrogens is 275 g/mol. The monoisotopic (exact) mass is 285 g/mol. The van der Waals surface area contributed by atoms with Gasteiger partial charge in [-0.05, 0) is 24.3 Å². The zero-order chi connectivity index (χ0) is 14.8. The van der Waals surface area contributed by atoms with E-state index < -0.39 is 6.36 Å². The van der Waals surface area contributed by atoms with Gasteiger partial charge in [-0.2, -0.15) is 4.98 Å². The number of ether oxygens (including phenoxy) is 2. The Morgan fingerprint density at radius 2 is 1.75 bits per heavy atom. The Labute approximate surface area is 112 Å². The Bertz CT molecular complexity index is 600. The van der Waals surface area contributed by atoms with E-state index in [9.17, 15) is 13.2 Å². The van der Waals surface area contributed by atoms with E-state index >= 15 is 0 Å². The number of hydrogen-bond acceptors (Lipinski definition) is 5. The topological polar surface area (TPSA) is 70.3 Å². The zero-order valence-electron chi connectivity index (χ0n) is 10.3. The summed E-state index contributed by atoms with van der Waals surface area (Å²) in [4.78, 5) is 7.79. The zero-order valence-corrected chi connectivity index (χ0v) is 10.3. The molecule has 0 aliphatic rings. The fourth-order valence-electron chi connectivity index (χ4n) is 1.52. The molecule has 2 aromatic rings. The van der Waals surface area contributed by atoms with Crippen molar-refractivity contribution in [3.63, 3.8) is 0 Å². The maximum absolute atomic E-state index is 12.0. The molecule has 0 spiro atoms. The van der Waals surface area contributed by atoms with E-state index in [1.807, 2.05) is 0 Å². The average Bonchev–Trinajstić information content (AvgIpc) is 2.37. The first kappa shape index (κ1) is 13.9. The van der Waals surface area contributed by atoms with Crippen molar-refractivity contribution in [2.75, 3.05) is 12.8 Å². The summed E-state index contributed by atoms with van der Waals surface area (Å²) >= 11 is 0. The summed E-state index contributed by atoms with van der Waals surface area (Å²) in [5.74, 6) is -0.0340. The van der Waals surface area contributed by atoms with Gasteiger partial charge in [0.15, 0.2) is 0 Å². The maximum atomic E-state index is 12.0. The molecule has 0 saturated carbocycles. The molecule has 1 heterocycles. The first-order chi connectivity index (χ1) is 9.37. The van der Waals surface area contributed by atoms with Crippen molar-refractivity contribution in [2.24, 2.45) is 0 Å². The van der Waals surface area contributed by atoms with Crippen LogP contribution in [-0.2, 0) is 0 Å². The fraction of sp³-hybridized carbons (Fsp3) is 0.167. The summed E-state index contributed by atoms with van der Waals surface area (Å²) in [6.07, 6.45) is -4.72. The minimum absolute atomic E-state index is 0.00923. The molecule has 0 unspecified atom stereocenters. The van der Waals surface area contributed by atoms with E-state index in [1.54, 1.807) is 0 Å². The summed E-state index contributed by atoms with van der Waals surface area (Å²) < 4.78 is 44.8. The van der Waals surface area contributed by atoms with Crippen LogP contribution >= 0.6 is 0 Å². The maximum Gasteiger partial charge on any atom is 0.573 e. The smallest absolute Gasteiger partial charge is 0.481 e. The number of benzene rings is 1. The number of nitrogens with zero attached hydrogens (tertiary/aromatic N) is 2. The predicted molar refractivity (Wildman–Crippen MR) is 65.1 cm³/mol. The molecular formula is C12H10F3N3O2. The highest BCUT2D eigenvalue weighted by atomic mass is 19.4. The molecule has 8 heteroatoms. The Morgan fingerprint density at radius 1 is 1.10 bits per heavy atom. The van der Waals surface area contributed by atoms with Gasteiger partial charge in [0.1, 0.15) is 5.75 Å². The van der Waals surface area contributed by atoms with Crippen LogP contribution in [0.1, 0.15) is 0 Å². The minimum Gasteiger partial charge on any atom is -0.481 e. The molecule has 1 aromatic heterocycles. The van der Waals surface area contributed by atoms with Gasteiger partial charge in [0.25, 0.3) is 0 Å². The third-order valence-corrected chi connectivity index (χ3v) is 2.31. The lowest BCUT2D eigenvalue weighted by atomic mass is 10.1. The van der Waals surface area contributed by atoms with Crippen LogP contribution < -0.4 is 15.2 Å². The Kier molecular flexibility index (Phi) is 3.64. The summed E-state index contributed by atoms with van der Waals surface area (Å²) in [5, 5.41) is 0. The fourth-order valence-corrected chi connectivity index (χ4v) is 1.52. The van der Waals surface area contributed by atoms with Crippen molar-refractivity contribution in [1.82, 2.24) is 9.97 Å². The lowest BCUT2D eigenvalue weighted by Gasteiger charge is -2.09. The van der Waals surface area contributed by atoms with Gasteiger partial charge in [0, 0.05) is 11.6 Å². The van der Waals surface area contributed by atoms with Crippen LogP contribution in [0, 0.1) is 0 Å². The molecule has 5 nitrogen and oxygen atoms in total. The number of nitrogen functional groups attached to an aromatic ring is 1. The van der Waals surface area contributed by atoms with Gasteiger partial charge in [-0.15, -0.1) is 13.2 Å². The molecule has 0 amide bonds. The van der Waals surface area contributed by atoms with Gasteiger partial charge >= 0.3 is 6.36 Å². The number of halogens is 3. The van der Waals surface area contributed by atoms with E-state index in [-0.39, 0.29) is 17.6 Å². The quantitative estimate of drug-likeness (QED) is 0.938. The van der Waals surface area contributed by atoms with Crippen molar-refractivity contribution < 1.29 is 22.6 Å². The number of anilines is 1. The molecule has 2 N–H and O–H groups in total. The largest absolute Gasteiger partial charge is 0.573 e. The molecule has 0 atom stereocenters. The SMILES string of the molecule is COc1cc(-c2ccc(OC(F)(F)F)cc2)nc(N)n1. The molecule has 0 radical (unpaired) electrons. The molecule has 0 saturated heterocycles. The highest BCUT2D eigenvalue weighted by molar-refractivity contribution is 5.62. The van der Waals surface area contributed by atoms with Crippen molar-refractivity contribution in [2.45, 2.75) is 6.36 Å². The van der Waals surface area contributed by atoms with Gasteiger partial charge in [-0.3, -0.25) is 0 Å². The number of rotatable bonds is 3. The van der Waals surface area contributed by atoms with Crippen LogP contribution in [0.4, 0.5) is 19.1 Å². The average molecular weight is 285 g/mol. The highest BCUT2D eigenvalue weighted by Crippen LogP contribution is 2.27. The number of alkyl halides is 3. The van der Waals surface area contributed by atoms with E-state index in [1.165, 1.54) is 37.4 Å². The van der Waals surface area contributed by atoms with Gasteiger partial charge < -0.3 is 15.2 Å².